The molecule has 2 bridgehead atoms. The largest absolute Gasteiger partial charge is 0.423 e. The van der Waals surface area contributed by atoms with Crippen molar-refractivity contribution >= 4 is 46.7 Å². The number of ether oxygens (including phenoxy) is 1. The second kappa shape index (κ2) is 6.68. The van der Waals surface area contributed by atoms with E-state index in [1.807, 2.05) is 0 Å². The van der Waals surface area contributed by atoms with Crippen LogP contribution in [0, 0.1) is 35.5 Å². The van der Waals surface area contributed by atoms with Crippen molar-refractivity contribution in [3.63, 3.8) is 0 Å². The highest BCUT2D eigenvalue weighted by Crippen LogP contribution is 2.65. The van der Waals surface area contributed by atoms with Crippen LogP contribution in [0.15, 0.2) is 54.6 Å². The topological polar surface area (TPSA) is 63.7 Å². The summed E-state index contributed by atoms with van der Waals surface area (Å²) < 4.78 is 5.46. The minimum atomic E-state index is -0.645. The molecule has 7 rings (SSSR count). The van der Waals surface area contributed by atoms with Gasteiger partial charge in [-0.2, -0.15) is 0 Å². The molecule has 0 N–H and O–H groups in total. The lowest BCUT2D eigenvalue weighted by Gasteiger charge is -2.37. The first-order valence-electron chi connectivity index (χ1n) is 10.3. The van der Waals surface area contributed by atoms with E-state index in [2.05, 4.69) is 12.2 Å². The van der Waals surface area contributed by atoms with Crippen molar-refractivity contribution in [1.82, 2.24) is 0 Å². The predicted octanol–water partition coefficient (Wildman–Crippen LogP) is 4.77. The Kier molecular flexibility index (Phi) is 4.11. The molecule has 4 aliphatic carbocycles. The molecule has 6 atom stereocenters. The number of hydrogen-bond acceptors (Lipinski definition) is 4. The zero-order chi connectivity index (χ0) is 21.4. The molecule has 156 valence electrons. The second-order valence-corrected chi connectivity index (χ2v) is 9.52. The van der Waals surface area contributed by atoms with E-state index < -0.39 is 5.97 Å². The van der Waals surface area contributed by atoms with E-state index in [0.717, 1.165) is 6.42 Å². The first kappa shape index (κ1) is 19.1. The van der Waals surface area contributed by atoms with Crippen molar-refractivity contribution in [2.24, 2.45) is 35.5 Å². The zero-order valence-corrected chi connectivity index (χ0v) is 17.7. The highest BCUT2D eigenvalue weighted by Gasteiger charge is 2.67. The first-order chi connectivity index (χ1) is 14.9. The molecule has 0 unspecified atom stereocenters. The van der Waals surface area contributed by atoms with Crippen molar-refractivity contribution in [3.05, 3.63) is 70.2 Å². The molecular weight excluding hydrogens is 437 g/mol. The maximum atomic E-state index is 13.3. The lowest BCUT2D eigenvalue weighted by Crippen LogP contribution is -2.40. The van der Waals surface area contributed by atoms with Crippen LogP contribution in [0.4, 0.5) is 5.69 Å². The Bertz CT molecular complexity index is 1160. The molecular formula is C24H17Cl2NO4. The van der Waals surface area contributed by atoms with Crippen LogP contribution in [0.1, 0.15) is 16.8 Å². The van der Waals surface area contributed by atoms with Crippen molar-refractivity contribution < 1.29 is 19.1 Å². The smallest absolute Gasteiger partial charge is 0.345 e. The summed E-state index contributed by atoms with van der Waals surface area (Å²) in [7, 11) is 0. The Hall–Kier alpha value is -2.63. The van der Waals surface area contributed by atoms with E-state index in [1.165, 1.54) is 17.0 Å². The van der Waals surface area contributed by atoms with Crippen molar-refractivity contribution in [2.75, 3.05) is 4.90 Å². The highest BCUT2D eigenvalue weighted by molar-refractivity contribution is 6.36. The molecule has 0 aromatic heterocycles. The molecule has 1 saturated heterocycles. The number of imide groups is 1. The number of amides is 2. The molecule has 0 spiro atoms. The van der Waals surface area contributed by atoms with Crippen molar-refractivity contribution in [2.45, 2.75) is 6.42 Å². The van der Waals surface area contributed by atoms with Crippen LogP contribution >= 0.6 is 23.2 Å². The SMILES string of the molecule is O=C(Oc1cccc(N2C(=O)[C@H]3[C@@H]4C=C[C@H]([C@H]5C[C@H]45)[C@@H]3C2=O)c1)c1ccc(Cl)cc1Cl. The second-order valence-electron chi connectivity index (χ2n) is 8.68. The third kappa shape index (κ3) is 2.80. The normalized spacial score (nSPS) is 32.1. The minimum Gasteiger partial charge on any atom is -0.423 e. The van der Waals surface area contributed by atoms with Gasteiger partial charge in [0, 0.05) is 11.1 Å². The van der Waals surface area contributed by atoms with Crippen LogP contribution in [0.25, 0.3) is 0 Å². The van der Waals surface area contributed by atoms with Gasteiger partial charge >= 0.3 is 5.97 Å². The summed E-state index contributed by atoms with van der Waals surface area (Å²) in [5.41, 5.74) is 0.600. The van der Waals surface area contributed by atoms with Crippen LogP contribution in [-0.4, -0.2) is 17.8 Å². The Balaban J connectivity index is 1.27. The number of carbonyl (C=O) groups is 3. The van der Waals surface area contributed by atoms with E-state index in [4.69, 9.17) is 27.9 Å². The molecule has 1 heterocycles. The number of esters is 1. The first-order valence-corrected chi connectivity index (χ1v) is 11.0. The van der Waals surface area contributed by atoms with E-state index in [1.54, 1.807) is 30.3 Å². The molecule has 0 radical (unpaired) electrons. The summed E-state index contributed by atoms with van der Waals surface area (Å²) in [6, 6.07) is 11.0. The van der Waals surface area contributed by atoms with E-state index in [9.17, 15) is 14.4 Å². The molecule has 2 saturated carbocycles. The summed E-state index contributed by atoms with van der Waals surface area (Å²) in [4.78, 5) is 40.4. The molecule has 3 fully saturated rings. The molecule has 5 nitrogen and oxygen atoms in total. The molecule has 7 heteroatoms. The molecule has 2 amide bonds. The van der Waals surface area contributed by atoms with Gasteiger partial charge in [-0.15, -0.1) is 0 Å². The van der Waals surface area contributed by atoms with Crippen molar-refractivity contribution in [1.29, 1.82) is 0 Å². The number of carbonyl (C=O) groups excluding carboxylic acids is 3. The van der Waals surface area contributed by atoms with Gasteiger partial charge in [-0.25, -0.2) is 9.69 Å². The number of hydrogen-bond donors (Lipinski definition) is 0. The number of nitrogens with zero attached hydrogens (tertiary/aromatic N) is 1. The number of allylic oxidation sites excluding steroid dienone is 2. The van der Waals surface area contributed by atoms with Crippen LogP contribution in [-0.2, 0) is 9.59 Å². The fourth-order valence-corrected chi connectivity index (χ4v) is 6.20. The number of rotatable bonds is 3. The Morgan fingerprint density at radius 3 is 2.26 bits per heavy atom. The summed E-state index contributed by atoms with van der Waals surface area (Å²) in [5, 5.41) is 0.598. The maximum absolute atomic E-state index is 13.3. The average Bonchev–Trinajstić information content (AvgIpc) is 3.51. The van der Waals surface area contributed by atoms with Crippen LogP contribution in [0.5, 0.6) is 5.75 Å². The van der Waals surface area contributed by atoms with Gasteiger partial charge in [0.25, 0.3) is 0 Å². The summed E-state index contributed by atoms with van der Waals surface area (Å²) in [6.45, 7) is 0. The van der Waals surface area contributed by atoms with Gasteiger partial charge in [-0.3, -0.25) is 9.59 Å². The number of halogens is 2. The summed E-state index contributed by atoms with van der Waals surface area (Å²) >= 11 is 12.0. The lowest BCUT2D eigenvalue weighted by atomic mass is 9.63. The average molecular weight is 454 g/mol. The van der Waals surface area contributed by atoms with Crippen molar-refractivity contribution in [3.8, 4) is 5.75 Å². The van der Waals surface area contributed by atoms with E-state index in [-0.39, 0.29) is 51.8 Å². The Labute approximate surface area is 188 Å². The van der Waals surface area contributed by atoms with Gasteiger partial charge in [0.15, 0.2) is 0 Å². The Morgan fingerprint density at radius 1 is 0.935 bits per heavy atom. The van der Waals surface area contributed by atoms with Crippen LogP contribution in [0.3, 0.4) is 0 Å². The monoisotopic (exact) mass is 453 g/mol. The van der Waals surface area contributed by atoms with E-state index in [0.29, 0.717) is 22.5 Å². The maximum Gasteiger partial charge on any atom is 0.345 e. The van der Waals surface area contributed by atoms with Gasteiger partial charge in [0.1, 0.15) is 5.75 Å². The van der Waals surface area contributed by atoms with Gasteiger partial charge in [0.05, 0.1) is 28.1 Å². The quantitative estimate of drug-likeness (QED) is 0.290. The number of anilines is 1. The molecule has 2 aromatic carbocycles. The zero-order valence-electron chi connectivity index (χ0n) is 16.2. The predicted molar refractivity (Wildman–Crippen MR) is 115 cm³/mol. The number of benzene rings is 2. The highest BCUT2D eigenvalue weighted by atomic mass is 35.5. The molecule has 2 aromatic rings. The minimum absolute atomic E-state index is 0.149. The van der Waals surface area contributed by atoms with Gasteiger partial charge in [-0.05, 0) is 60.4 Å². The fourth-order valence-electron chi connectivity index (χ4n) is 5.71. The van der Waals surface area contributed by atoms with Gasteiger partial charge in [-0.1, -0.05) is 41.4 Å². The van der Waals surface area contributed by atoms with Crippen LogP contribution in [0.2, 0.25) is 10.0 Å². The standard InChI is InChI=1S/C24H17Cl2NO4/c25-11-4-5-16(19(26)8-11)24(30)31-13-3-1-2-12(9-13)27-22(28)20-14-6-7-15(18-10-17(14)18)21(20)23(27)29/h1-9,14-15,17-18,20-21H,10H2/t14-,15-,17-,18-,20+,21+/m1/s1. The van der Waals surface area contributed by atoms with Crippen LogP contribution < -0.4 is 9.64 Å². The summed E-state index contributed by atoms with van der Waals surface area (Å²) in [5.74, 6) is 0.156. The molecule has 1 aliphatic heterocycles. The summed E-state index contributed by atoms with van der Waals surface area (Å²) in [6.07, 6.45) is 5.40. The lowest BCUT2D eigenvalue weighted by molar-refractivity contribution is -0.124. The Morgan fingerprint density at radius 2 is 1.61 bits per heavy atom. The fraction of sp³-hybridized carbons (Fsp3) is 0.292. The third-order valence-electron chi connectivity index (χ3n) is 7.10. The van der Waals surface area contributed by atoms with E-state index >= 15 is 0 Å². The van der Waals surface area contributed by atoms with Gasteiger partial charge in [0.2, 0.25) is 11.8 Å². The molecule has 31 heavy (non-hydrogen) atoms. The molecule has 5 aliphatic rings. The van der Waals surface area contributed by atoms with Gasteiger partial charge < -0.3 is 4.74 Å². The third-order valence-corrected chi connectivity index (χ3v) is 7.65.